The SMILES string of the molecule is C=CCn1c(SCC(=O)NCC(F)(F)F)nc2sc(-c3ccccc3)cc2c1=O. The standard InChI is InChI=1S/C19H16F3N3O2S2/c1-2-8-25-17(27)13-9-14(12-6-4-3-5-7-12)29-16(13)24-18(25)28-10-15(26)23-11-19(20,21)22/h2-7,9H,1,8,10-11H2,(H,23,26). The van der Waals surface area contributed by atoms with E-state index >= 15 is 0 Å². The van der Waals surface area contributed by atoms with E-state index in [1.165, 1.54) is 22.0 Å². The lowest BCUT2D eigenvalue weighted by Crippen LogP contribution is -2.35. The molecule has 29 heavy (non-hydrogen) atoms. The summed E-state index contributed by atoms with van der Waals surface area (Å²) in [7, 11) is 0. The molecule has 1 amide bonds. The van der Waals surface area contributed by atoms with Crippen LogP contribution in [-0.2, 0) is 11.3 Å². The molecule has 0 unspecified atom stereocenters. The number of nitrogens with zero attached hydrogens (tertiary/aromatic N) is 2. The molecule has 0 saturated heterocycles. The van der Waals surface area contributed by atoms with Gasteiger partial charge in [-0.3, -0.25) is 14.2 Å². The molecule has 152 valence electrons. The molecule has 1 N–H and O–H groups in total. The van der Waals surface area contributed by atoms with Crippen molar-refractivity contribution in [3.8, 4) is 10.4 Å². The van der Waals surface area contributed by atoms with Gasteiger partial charge in [-0.05, 0) is 11.6 Å². The summed E-state index contributed by atoms with van der Waals surface area (Å²) in [6, 6.07) is 11.3. The monoisotopic (exact) mass is 439 g/mol. The molecule has 0 fully saturated rings. The molecule has 0 aliphatic rings. The van der Waals surface area contributed by atoms with Crippen molar-refractivity contribution in [3.05, 3.63) is 59.4 Å². The zero-order valence-corrected chi connectivity index (χ0v) is 16.7. The Morgan fingerprint density at radius 3 is 2.69 bits per heavy atom. The smallest absolute Gasteiger partial charge is 0.346 e. The summed E-state index contributed by atoms with van der Waals surface area (Å²) in [5, 5.41) is 2.51. The summed E-state index contributed by atoms with van der Waals surface area (Å²) >= 11 is 2.25. The van der Waals surface area contributed by atoms with Crippen LogP contribution in [0.2, 0.25) is 0 Å². The lowest BCUT2D eigenvalue weighted by molar-refractivity contribution is -0.136. The van der Waals surface area contributed by atoms with Gasteiger partial charge in [0.25, 0.3) is 5.56 Å². The van der Waals surface area contributed by atoms with E-state index in [0.29, 0.717) is 10.2 Å². The summed E-state index contributed by atoms with van der Waals surface area (Å²) in [6.07, 6.45) is -2.96. The summed E-state index contributed by atoms with van der Waals surface area (Å²) < 4.78 is 38.0. The summed E-state index contributed by atoms with van der Waals surface area (Å²) in [4.78, 5) is 30.5. The van der Waals surface area contributed by atoms with E-state index in [2.05, 4.69) is 11.6 Å². The van der Waals surface area contributed by atoms with Gasteiger partial charge in [-0.2, -0.15) is 13.2 Å². The molecule has 10 heteroatoms. The zero-order valence-electron chi connectivity index (χ0n) is 15.0. The third-order valence-electron chi connectivity index (χ3n) is 3.80. The minimum Gasteiger partial charge on any atom is -0.346 e. The van der Waals surface area contributed by atoms with Crippen molar-refractivity contribution in [2.24, 2.45) is 0 Å². The first-order valence-electron chi connectivity index (χ1n) is 8.45. The number of allylic oxidation sites excluding steroid dienone is 1. The molecule has 3 rings (SSSR count). The number of carbonyl (C=O) groups excluding carboxylic acids is 1. The third kappa shape index (κ3) is 5.27. The van der Waals surface area contributed by atoms with Crippen molar-refractivity contribution in [3.63, 3.8) is 0 Å². The summed E-state index contributed by atoms with van der Waals surface area (Å²) in [5.41, 5.74) is 0.664. The number of nitrogens with one attached hydrogen (secondary N) is 1. The quantitative estimate of drug-likeness (QED) is 0.342. The predicted octanol–water partition coefficient (Wildman–Crippen LogP) is 4.08. The van der Waals surface area contributed by atoms with Gasteiger partial charge >= 0.3 is 6.18 Å². The second-order valence-electron chi connectivity index (χ2n) is 5.97. The van der Waals surface area contributed by atoms with Crippen LogP contribution < -0.4 is 10.9 Å². The van der Waals surface area contributed by atoms with Crippen LogP contribution in [0.3, 0.4) is 0 Å². The molecule has 1 aromatic carbocycles. The number of amides is 1. The Balaban J connectivity index is 1.90. The molecule has 3 aromatic rings. The fourth-order valence-corrected chi connectivity index (χ4v) is 4.44. The van der Waals surface area contributed by atoms with Gasteiger partial charge in [0.2, 0.25) is 5.91 Å². The molecule has 0 saturated carbocycles. The van der Waals surface area contributed by atoms with Gasteiger partial charge in [0.05, 0.1) is 11.1 Å². The Labute approximate surface area is 172 Å². The number of fused-ring (bicyclic) bond motifs is 1. The second-order valence-corrected chi connectivity index (χ2v) is 7.95. The number of hydrogen-bond acceptors (Lipinski definition) is 5. The average molecular weight is 439 g/mol. The number of rotatable bonds is 7. The van der Waals surface area contributed by atoms with Gasteiger partial charge in [-0.15, -0.1) is 17.9 Å². The van der Waals surface area contributed by atoms with Crippen molar-refractivity contribution >= 4 is 39.2 Å². The molecular weight excluding hydrogens is 423 g/mol. The van der Waals surface area contributed by atoms with E-state index in [9.17, 15) is 22.8 Å². The number of hydrogen-bond donors (Lipinski definition) is 1. The first kappa shape index (κ1) is 21.1. The summed E-state index contributed by atoms with van der Waals surface area (Å²) in [6.45, 7) is 2.40. The van der Waals surface area contributed by atoms with Gasteiger partial charge < -0.3 is 5.32 Å². The molecule has 2 heterocycles. The topological polar surface area (TPSA) is 64.0 Å². The fraction of sp³-hybridized carbons (Fsp3) is 0.211. The number of benzene rings is 1. The number of halogens is 3. The maximum absolute atomic E-state index is 12.9. The lowest BCUT2D eigenvalue weighted by Gasteiger charge is -2.11. The van der Waals surface area contributed by atoms with E-state index in [0.717, 1.165) is 22.2 Å². The first-order chi connectivity index (χ1) is 13.8. The minimum absolute atomic E-state index is 0.171. The van der Waals surface area contributed by atoms with E-state index in [-0.39, 0.29) is 23.0 Å². The van der Waals surface area contributed by atoms with Crippen molar-refractivity contribution < 1.29 is 18.0 Å². The molecule has 0 bridgehead atoms. The van der Waals surface area contributed by atoms with E-state index in [1.54, 1.807) is 11.4 Å². The van der Waals surface area contributed by atoms with Crippen molar-refractivity contribution in [1.29, 1.82) is 0 Å². The third-order valence-corrected chi connectivity index (χ3v) is 5.86. The van der Waals surface area contributed by atoms with Gasteiger partial charge in [0.1, 0.15) is 11.4 Å². The van der Waals surface area contributed by atoms with Crippen LogP contribution in [-0.4, -0.2) is 33.9 Å². The Kier molecular flexibility index (Phi) is 6.43. The number of aromatic nitrogens is 2. The van der Waals surface area contributed by atoms with Crippen LogP contribution in [0.5, 0.6) is 0 Å². The van der Waals surface area contributed by atoms with Gasteiger partial charge in [0.15, 0.2) is 5.16 Å². The van der Waals surface area contributed by atoms with Crippen LogP contribution >= 0.6 is 23.1 Å². The Hall–Kier alpha value is -2.59. The van der Waals surface area contributed by atoms with Crippen molar-refractivity contribution in [2.45, 2.75) is 17.9 Å². The normalized spacial score (nSPS) is 11.6. The fourth-order valence-electron chi connectivity index (χ4n) is 2.52. The van der Waals surface area contributed by atoms with Gasteiger partial charge in [0, 0.05) is 11.4 Å². The Morgan fingerprint density at radius 1 is 1.31 bits per heavy atom. The number of alkyl halides is 3. The zero-order chi connectivity index (χ0) is 21.0. The maximum atomic E-state index is 12.9. The highest BCUT2D eigenvalue weighted by Gasteiger charge is 2.27. The highest BCUT2D eigenvalue weighted by molar-refractivity contribution is 7.99. The molecule has 0 aliphatic heterocycles. The largest absolute Gasteiger partial charge is 0.405 e. The lowest BCUT2D eigenvalue weighted by atomic mass is 10.2. The molecule has 0 atom stereocenters. The number of thiophene rings is 1. The van der Waals surface area contributed by atoms with Crippen molar-refractivity contribution in [2.75, 3.05) is 12.3 Å². The molecular formula is C19H16F3N3O2S2. The van der Waals surface area contributed by atoms with Crippen LogP contribution in [0.15, 0.2) is 59.0 Å². The van der Waals surface area contributed by atoms with Gasteiger partial charge in [-0.1, -0.05) is 48.2 Å². The van der Waals surface area contributed by atoms with Gasteiger partial charge in [-0.25, -0.2) is 4.98 Å². The highest BCUT2D eigenvalue weighted by Crippen LogP contribution is 2.32. The van der Waals surface area contributed by atoms with E-state index in [1.807, 2.05) is 30.3 Å². The molecule has 0 radical (unpaired) electrons. The molecule has 0 spiro atoms. The molecule has 5 nitrogen and oxygen atoms in total. The van der Waals surface area contributed by atoms with E-state index < -0.39 is 18.6 Å². The number of thioether (sulfide) groups is 1. The Morgan fingerprint density at radius 2 is 2.03 bits per heavy atom. The Bertz CT molecular complexity index is 1090. The van der Waals surface area contributed by atoms with Crippen LogP contribution in [0.4, 0.5) is 13.2 Å². The predicted molar refractivity (Wildman–Crippen MR) is 109 cm³/mol. The first-order valence-corrected chi connectivity index (χ1v) is 10.3. The van der Waals surface area contributed by atoms with Crippen LogP contribution in [0.1, 0.15) is 0 Å². The maximum Gasteiger partial charge on any atom is 0.405 e. The molecule has 0 aliphatic carbocycles. The molecule has 2 aromatic heterocycles. The summed E-state index contributed by atoms with van der Waals surface area (Å²) in [5.74, 6) is -1.08. The van der Waals surface area contributed by atoms with Crippen molar-refractivity contribution in [1.82, 2.24) is 14.9 Å². The minimum atomic E-state index is -4.48. The highest BCUT2D eigenvalue weighted by atomic mass is 32.2. The average Bonchev–Trinajstić information content (AvgIpc) is 3.12. The number of carbonyl (C=O) groups is 1. The second kappa shape index (κ2) is 8.83. The van der Waals surface area contributed by atoms with Crippen LogP contribution in [0.25, 0.3) is 20.7 Å². The van der Waals surface area contributed by atoms with Crippen LogP contribution in [0, 0.1) is 0 Å². The van der Waals surface area contributed by atoms with E-state index in [4.69, 9.17) is 0 Å².